The number of halogens is 1. The van der Waals surface area contributed by atoms with E-state index in [0.29, 0.717) is 18.1 Å². The molecule has 0 atom stereocenters. The van der Waals surface area contributed by atoms with Crippen molar-refractivity contribution in [3.8, 4) is 0 Å². The molecule has 0 fully saturated rings. The molecular formula is C20H21FN4. The van der Waals surface area contributed by atoms with Gasteiger partial charge >= 0.3 is 0 Å². The van der Waals surface area contributed by atoms with Crippen molar-refractivity contribution in [1.29, 1.82) is 0 Å². The summed E-state index contributed by atoms with van der Waals surface area (Å²) in [6.45, 7) is 1.18. The third-order valence-corrected chi connectivity index (χ3v) is 3.84. The largest absolute Gasteiger partial charge is 0.370 e. The van der Waals surface area contributed by atoms with Gasteiger partial charge in [0.25, 0.3) is 0 Å². The highest BCUT2D eigenvalue weighted by Gasteiger charge is 2.03. The summed E-state index contributed by atoms with van der Waals surface area (Å²) >= 11 is 0. The molecule has 0 aliphatic heterocycles. The number of hydrogen-bond acceptors (Lipinski definition) is 4. The maximum absolute atomic E-state index is 13.6. The monoisotopic (exact) mass is 336 g/mol. The van der Waals surface area contributed by atoms with Gasteiger partial charge in [-0.25, -0.2) is 9.37 Å². The topological polar surface area (TPSA) is 49.8 Å². The van der Waals surface area contributed by atoms with Crippen molar-refractivity contribution in [3.05, 3.63) is 83.8 Å². The van der Waals surface area contributed by atoms with Crippen LogP contribution in [0.15, 0.2) is 66.9 Å². The normalized spacial score (nSPS) is 10.4. The quantitative estimate of drug-likeness (QED) is 0.603. The number of anilines is 2. The van der Waals surface area contributed by atoms with Gasteiger partial charge in [-0.05, 0) is 30.5 Å². The number of aryl methyl sites for hydroxylation is 1. The zero-order valence-corrected chi connectivity index (χ0v) is 14.0. The van der Waals surface area contributed by atoms with Crippen LogP contribution in [0.5, 0.6) is 0 Å². The zero-order valence-electron chi connectivity index (χ0n) is 14.0. The Morgan fingerprint density at radius 2 is 1.68 bits per heavy atom. The van der Waals surface area contributed by atoms with Gasteiger partial charge in [0.2, 0.25) is 5.95 Å². The molecule has 0 bridgehead atoms. The van der Waals surface area contributed by atoms with Gasteiger partial charge in [0.15, 0.2) is 0 Å². The van der Waals surface area contributed by atoms with Crippen molar-refractivity contribution in [1.82, 2.24) is 9.97 Å². The Bertz CT molecular complexity index is 792. The summed E-state index contributed by atoms with van der Waals surface area (Å²) in [5.41, 5.74) is 1.92. The van der Waals surface area contributed by atoms with Crippen molar-refractivity contribution in [3.63, 3.8) is 0 Å². The van der Waals surface area contributed by atoms with E-state index in [1.165, 1.54) is 11.6 Å². The molecule has 3 rings (SSSR count). The van der Waals surface area contributed by atoms with Crippen molar-refractivity contribution in [2.45, 2.75) is 19.4 Å². The summed E-state index contributed by atoms with van der Waals surface area (Å²) in [5, 5.41) is 6.36. The second kappa shape index (κ2) is 8.78. The van der Waals surface area contributed by atoms with Crippen LogP contribution < -0.4 is 10.6 Å². The molecule has 5 heteroatoms. The summed E-state index contributed by atoms with van der Waals surface area (Å²) in [6, 6.07) is 18.9. The molecule has 1 aromatic heterocycles. The Morgan fingerprint density at radius 1 is 0.880 bits per heavy atom. The molecular weight excluding hydrogens is 315 g/mol. The average Bonchev–Trinajstić information content (AvgIpc) is 2.66. The van der Waals surface area contributed by atoms with Gasteiger partial charge in [0.1, 0.15) is 11.6 Å². The molecule has 128 valence electrons. The summed E-state index contributed by atoms with van der Waals surface area (Å²) in [5.74, 6) is 1.01. The molecule has 0 radical (unpaired) electrons. The number of nitrogens with zero attached hydrogens (tertiary/aromatic N) is 2. The molecule has 0 unspecified atom stereocenters. The Balaban J connectivity index is 1.47. The smallest absolute Gasteiger partial charge is 0.224 e. The van der Waals surface area contributed by atoms with Crippen LogP contribution in [0.4, 0.5) is 16.2 Å². The number of benzene rings is 2. The van der Waals surface area contributed by atoms with E-state index >= 15 is 0 Å². The van der Waals surface area contributed by atoms with E-state index < -0.39 is 0 Å². The summed E-state index contributed by atoms with van der Waals surface area (Å²) < 4.78 is 13.6. The summed E-state index contributed by atoms with van der Waals surface area (Å²) in [4.78, 5) is 8.58. The second-order valence-electron chi connectivity index (χ2n) is 5.73. The molecule has 0 aliphatic rings. The molecule has 2 aromatic carbocycles. The van der Waals surface area contributed by atoms with Crippen LogP contribution in [-0.4, -0.2) is 16.5 Å². The van der Waals surface area contributed by atoms with Gasteiger partial charge in [-0.3, -0.25) is 0 Å². The zero-order chi connectivity index (χ0) is 17.3. The minimum atomic E-state index is -0.231. The number of hydrogen-bond donors (Lipinski definition) is 2. The standard InChI is InChI=1S/C20H21FN4/c21-18-11-5-4-10-17(18)15-24-20-23-14-12-19(25-20)22-13-6-9-16-7-2-1-3-8-16/h1-5,7-8,10-12,14H,6,9,13,15H2,(H2,22,23,24,25). The van der Waals surface area contributed by atoms with Crippen molar-refractivity contribution >= 4 is 11.8 Å². The highest BCUT2D eigenvalue weighted by Crippen LogP contribution is 2.11. The first-order valence-corrected chi connectivity index (χ1v) is 8.39. The van der Waals surface area contributed by atoms with E-state index in [0.717, 1.165) is 25.2 Å². The predicted molar refractivity (Wildman–Crippen MR) is 99.0 cm³/mol. The molecule has 1 heterocycles. The molecule has 0 spiro atoms. The van der Waals surface area contributed by atoms with Crippen molar-refractivity contribution in [2.24, 2.45) is 0 Å². The van der Waals surface area contributed by atoms with Crippen LogP contribution in [0, 0.1) is 5.82 Å². The van der Waals surface area contributed by atoms with E-state index in [2.05, 4.69) is 44.9 Å². The van der Waals surface area contributed by atoms with E-state index in [-0.39, 0.29) is 5.82 Å². The minimum absolute atomic E-state index is 0.231. The van der Waals surface area contributed by atoms with E-state index in [4.69, 9.17) is 0 Å². The fraction of sp³-hybridized carbons (Fsp3) is 0.200. The third kappa shape index (κ3) is 5.28. The molecule has 25 heavy (non-hydrogen) atoms. The molecule has 0 saturated heterocycles. The maximum Gasteiger partial charge on any atom is 0.224 e. The molecule has 0 saturated carbocycles. The molecule has 3 aromatic rings. The van der Waals surface area contributed by atoms with Gasteiger partial charge in [-0.15, -0.1) is 0 Å². The lowest BCUT2D eigenvalue weighted by Crippen LogP contribution is -2.08. The van der Waals surface area contributed by atoms with E-state index in [9.17, 15) is 4.39 Å². The number of aromatic nitrogens is 2. The van der Waals surface area contributed by atoms with Crippen LogP contribution in [0.1, 0.15) is 17.5 Å². The minimum Gasteiger partial charge on any atom is -0.370 e. The van der Waals surface area contributed by atoms with Gasteiger partial charge in [-0.1, -0.05) is 48.5 Å². The highest BCUT2D eigenvalue weighted by atomic mass is 19.1. The average molecular weight is 336 g/mol. The third-order valence-electron chi connectivity index (χ3n) is 3.84. The second-order valence-corrected chi connectivity index (χ2v) is 5.73. The summed E-state index contributed by atoms with van der Waals surface area (Å²) in [6.07, 6.45) is 3.74. The molecule has 0 aliphatic carbocycles. The van der Waals surface area contributed by atoms with E-state index in [1.807, 2.05) is 18.2 Å². The van der Waals surface area contributed by atoms with Gasteiger partial charge in [-0.2, -0.15) is 4.98 Å². The number of rotatable bonds is 8. The lowest BCUT2D eigenvalue weighted by molar-refractivity contribution is 0.612. The Kier molecular flexibility index (Phi) is 5.93. The van der Waals surface area contributed by atoms with Crippen LogP contribution >= 0.6 is 0 Å². The molecule has 2 N–H and O–H groups in total. The lowest BCUT2D eigenvalue weighted by atomic mass is 10.1. The molecule has 4 nitrogen and oxygen atoms in total. The Hall–Kier alpha value is -2.95. The summed E-state index contributed by atoms with van der Waals surface area (Å²) in [7, 11) is 0. The fourth-order valence-corrected chi connectivity index (χ4v) is 2.51. The van der Waals surface area contributed by atoms with Gasteiger partial charge in [0, 0.05) is 24.8 Å². The van der Waals surface area contributed by atoms with Crippen LogP contribution in [0.3, 0.4) is 0 Å². The Morgan fingerprint density at radius 3 is 2.52 bits per heavy atom. The first-order chi connectivity index (χ1) is 12.3. The lowest BCUT2D eigenvalue weighted by Gasteiger charge is -2.09. The highest BCUT2D eigenvalue weighted by molar-refractivity contribution is 5.40. The Labute approximate surface area is 147 Å². The first-order valence-electron chi connectivity index (χ1n) is 8.39. The van der Waals surface area contributed by atoms with Crippen molar-refractivity contribution in [2.75, 3.05) is 17.2 Å². The fourth-order valence-electron chi connectivity index (χ4n) is 2.51. The molecule has 0 amide bonds. The SMILES string of the molecule is Fc1ccccc1CNc1nccc(NCCCc2ccccc2)n1. The van der Waals surface area contributed by atoms with Crippen molar-refractivity contribution < 1.29 is 4.39 Å². The predicted octanol–water partition coefficient (Wildman–Crippen LogP) is 4.27. The van der Waals surface area contributed by atoms with Gasteiger partial charge in [0.05, 0.1) is 0 Å². The van der Waals surface area contributed by atoms with Gasteiger partial charge < -0.3 is 10.6 Å². The van der Waals surface area contributed by atoms with Crippen LogP contribution in [-0.2, 0) is 13.0 Å². The number of nitrogens with one attached hydrogen (secondary N) is 2. The maximum atomic E-state index is 13.6. The van der Waals surface area contributed by atoms with Crippen LogP contribution in [0.2, 0.25) is 0 Å². The van der Waals surface area contributed by atoms with E-state index in [1.54, 1.807) is 18.3 Å². The first kappa shape index (κ1) is 16.9. The van der Waals surface area contributed by atoms with Crippen LogP contribution in [0.25, 0.3) is 0 Å².